The average molecular weight is 458 g/mol. The largest absolute Gasteiger partial charge is 0.308 e. The Bertz CT molecular complexity index is 2090. The second-order valence-corrected chi connectivity index (χ2v) is 9.82. The molecule has 0 saturated heterocycles. The molecule has 2 heterocycles. The maximum atomic E-state index is 2.49. The van der Waals surface area contributed by atoms with Crippen molar-refractivity contribution in [3.63, 3.8) is 0 Å². The molecule has 0 aliphatic rings. The van der Waals surface area contributed by atoms with Gasteiger partial charge in [-0.2, -0.15) is 0 Å². The van der Waals surface area contributed by atoms with Crippen molar-refractivity contribution in [3.05, 3.63) is 127 Å². The van der Waals surface area contributed by atoms with Gasteiger partial charge in [0.15, 0.2) is 0 Å². The fourth-order valence-corrected chi connectivity index (χ4v) is 6.23. The lowest BCUT2D eigenvalue weighted by Crippen LogP contribution is -1.90. The first-order valence-electron chi connectivity index (χ1n) is 12.5. The standard InChI is InChI=1S/C35H23N/c1-22-18-19-24(23-10-3-2-4-11-23)20-30(22)33-26-13-6-5-12-25(26)21-32-34(33)29-16-9-15-28-27-14-7-8-17-31(27)36(32)35(28)29/h2-21H,1H3. The number of hydrogen-bond acceptors (Lipinski definition) is 0. The molecule has 0 N–H and O–H groups in total. The third-order valence-corrected chi connectivity index (χ3v) is 7.85. The lowest BCUT2D eigenvalue weighted by molar-refractivity contribution is 1.37. The topological polar surface area (TPSA) is 4.41 Å². The Morgan fingerprint density at radius 2 is 1.22 bits per heavy atom. The van der Waals surface area contributed by atoms with E-state index in [0.717, 1.165) is 0 Å². The third-order valence-electron chi connectivity index (χ3n) is 7.85. The summed E-state index contributed by atoms with van der Waals surface area (Å²) in [6.07, 6.45) is 0. The summed E-state index contributed by atoms with van der Waals surface area (Å²) in [6.45, 7) is 2.24. The summed E-state index contributed by atoms with van der Waals surface area (Å²) in [5, 5.41) is 7.88. The molecule has 8 rings (SSSR count). The van der Waals surface area contributed by atoms with Crippen LogP contribution >= 0.6 is 0 Å². The summed E-state index contributed by atoms with van der Waals surface area (Å²) in [5.74, 6) is 0. The number of aryl methyl sites for hydroxylation is 1. The van der Waals surface area contributed by atoms with Gasteiger partial charge in [0, 0.05) is 21.5 Å². The van der Waals surface area contributed by atoms with E-state index in [4.69, 9.17) is 0 Å². The van der Waals surface area contributed by atoms with E-state index in [1.165, 1.54) is 76.7 Å². The van der Waals surface area contributed by atoms with E-state index in [9.17, 15) is 0 Å². The highest BCUT2D eigenvalue weighted by atomic mass is 14.9. The van der Waals surface area contributed by atoms with Crippen molar-refractivity contribution in [2.45, 2.75) is 6.92 Å². The summed E-state index contributed by atoms with van der Waals surface area (Å²) in [7, 11) is 0. The Hall–Kier alpha value is -4.62. The molecule has 168 valence electrons. The predicted octanol–water partition coefficient (Wildman–Crippen LogP) is 9.63. The minimum absolute atomic E-state index is 1.25. The first-order valence-corrected chi connectivity index (χ1v) is 12.5. The van der Waals surface area contributed by atoms with Gasteiger partial charge in [-0.1, -0.05) is 103 Å². The third kappa shape index (κ3) is 2.55. The Morgan fingerprint density at radius 3 is 2.11 bits per heavy atom. The van der Waals surface area contributed by atoms with Crippen molar-refractivity contribution >= 4 is 48.9 Å². The zero-order chi connectivity index (χ0) is 23.8. The maximum absolute atomic E-state index is 2.49. The molecule has 0 saturated carbocycles. The van der Waals surface area contributed by atoms with Crippen molar-refractivity contribution in [3.8, 4) is 22.3 Å². The van der Waals surface area contributed by atoms with E-state index in [1.807, 2.05) is 0 Å². The maximum Gasteiger partial charge on any atom is 0.0620 e. The molecule has 0 atom stereocenters. The normalized spacial score (nSPS) is 12.0. The molecule has 0 radical (unpaired) electrons. The Kier molecular flexibility index (Phi) is 3.93. The molecule has 0 aliphatic heterocycles. The number of aromatic nitrogens is 1. The summed E-state index contributed by atoms with van der Waals surface area (Å²) >= 11 is 0. The predicted molar refractivity (Wildman–Crippen MR) is 154 cm³/mol. The van der Waals surface area contributed by atoms with Crippen LogP contribution in [0.15, 0.2) is 121 Å². The number of hydrogen-bond donors (Lipinski definition) is 0. The molecule has 0 fully saturated rings. The first kappa shape index (κ1) is 19.7. The molecule has 2 aromatic heterocycles. The van der Waals surface area contributed by atoms with Gasteiger partial charge in [0.25, 0.3) is 0 Å². The van der Waals surface area contributed by atoms with E-state index < -0.39 is 0 Å². The summed E-state index contributed by atoms with van der Waals surface area (Å²) in [4.78, 5) is 0. The van der Waals surface area contributed by atoms with E-state index >= 15 is 0 Å². The van der Waals surface area contributed by atoms with Crippen LogP contribution in [-0.4, -0.2) is 4.40 Å². The molecule has 0 aliphatic carbocycles. The van der Waals surface area contributed by atoms with Gasteiger partial charge in [0.05, 0.1) is 16.6 Å². The molecule has 0 spiro atoms. The van der Waals surface area contributed by atoms with Crippen LogP contribution in [0.5, 0.6) is 0 Å². The van der Waals surface area contributed by atoms with Crippen LogP contribution in [-0.2, 0) is 0 Å². The minimum atomic E-state index is 1.25. The van der Waals surface area contributed by atoms with Crippen LogP contribution in [0.3, 0.4) is 0 Å². The molecule has 36 heavy (non-hydrogen) atoms. The Balaban J connectivity index is 1.61. The van der Waals surface area contributed by atoms with Crippen molar-refractivity contribution < 1.29 is 0 Å². The highest BCUT2D eigenvalue weighted by Crippen LogP contribution is 2.46. The summed E-state index contributed by atoms with van der Waals surface area (Å²) < 4.78 is 2.49. The van der Waals surface area contributed by atoms with E-state index in [-0.39, 0.29) is 0 Å². The quantitative estimate of drug-likeness (QED) is 0.243. The lowest BCUT2D eigenvalue weighted by Gasteiger charge is -2.15. The van der Waals surface area contributed by atoms with Crippen molar-refractivity contribution in [1.29, 1.82) is 0 Å². The van der Waals surface area contributed by atoms with E-state index in [0.29, 0.717) is 0 Å². The Labute approximate surface area is 209 Å². The van der Waals surface area contributed by atoms with Gasteiger partial charge < -0.3 is 4.40 Å². The van der Waals surface area contributed by atoms with E-state index in [1.54, 1.807) is 0 Å². The van der Waals surface area contributed by atoms with Gasteiger partial charge in [-0.05, 0) is 63.7 Å². The molecule has 0 amide bonds. The number of para-hydroxylation sites is 2. The van der Waals surface area contributed by atoms with Crippen LogP contribution in [0.4, 0.5) is 0 Å². The van der Waals surface area contributed by atoms with Crippen LogP contribution in [0, 0.1) is 6.92 Å². The fourth-order valence-electron chi connectivity index (χ4n) is 6.23. The first-order chi connectivity index (χ1) is 17.8. The molecule has 6 aromatic carbocycles. The van der Waals surface area contributed by atoms with Gasteiger partial charge in [0.1, 0.15) is 0 Å². The van der Waals surface area contributed by atoms with Crippen molar-refractivity contribution in [2.75, 3.05) is 0 Å². The van der Waals surface area contributed by atoms with Crippen LogP contribution < -0.4 is 0 Å². The molecular weight excluding hydrogens is 434 g/mol. The zero-order valence-electron chi connectivity index (χ0n) is 20.0. The van der Waals surface area contributed by atoms with Gasteiger partial charge in [0.2, 0.25) is 0 Å². The highest BCUT2D eigenvalue weighted by molar-refractivity contribution is 6.29. The molecule has 0 unspecified atom stereocenters. The summed E-state index contributed by atoms with van der Waals surface area (Å²) in [6, 6.07) is 44.4. The van der Waals surface area contributed by atoms with Gasteiger partial charge in [-0.3, -0.25) is 0 Å². The van der Waals surface area contributed by atoms with Gasteiger partial charge >= 0.3 is 0 Å². The number of benzene rings is 6. The lowest BCUT2D eigenvalue weighted by atomic mass is 9.89. The van der Waals surface area contributed by atoms with Crippen LogP contribution in [0.25, 0.3) is 71.1 Å². The zero-order valence-corrected chi connectivity index (χ0v) is 20.0. The monoisotopic (exact) mass is 457 g/mol. The molecule has 1 heteroatoms. The van der Waals surface area contributed by atoms with Gasteiger partial charge in [-0.25, -0.2) is 0 Å². The SMILES string of the molecule is Cc1ccc(-c2ccccc2)cc1-c1c2ccccc2cc2c1c1cccc3c4ccccc4n2c31. The molecule has 1 nitrogen and oxygen atoms in total. The van der Waals surface area contributed by atoms with E-state index in [2.05, 4.69) is 133 Å². The number of nitrogens with zero attached hydrogens (tertiary/aromatic N) is 1. The molecular formula is C35H23N. The Morgan fingerprint density at radius 1 is 0.500 bits per heavy atom. The van der Waals surface area contributed by atoms with Crippen LogP contribution in [0.1, 0.15) is 5.56 Å². The van der Waals surface area contributed by atoms with Crippen molar-refractivity contribution in [1.82, 2.24) is 4.40 Å². The highest BCUT2D eigenvalue weighted by Gasteiger charge is 2.22. The van der Waals surface area contributed by atoms with Gasteiger partial charge in [-0.15, -0.1) is 0 Å². The average Bonchev–Trinajstić information content (AvgIpc) is 3.45. The number of rotatable bonds is 2. The summed E-state index contributed by atoms with van der Waals surface area (Å²) in [5.41, 5.74) is 10.3. The number of fused-ring (bicyclic) bond motifs is 7. The fraction of sp³-hybridized carbons (Fsp3) is 0.0286. The molecule has 8 aromatic rings. The minimum Gasteiger partial charge on any atom is -0.308 e. The smallest absolute Gasteiger partial charge is 0.0620 e. The second-order valence-electron chi connectivity index (χ2n) is 9.82. The second kappa shape index (κ2) is 7.19. The van der Waals surface area contributed by atoms with Crippen LogP contribution in [0.2, 0.25) is 0 Å². The van der Waals surface area contributed by atoms with Crippen molar-refractivity contribution in [2.24, 2.45) is 0 Å². The molecule has 0 bridgehead atoms.